The van der Waals surface area contributed by atoms with Crippen molar-refractivity contribution >= 4 is 17.4 Å². The zero-order valence-electron chi connectivity index (χ0n) is 13.0. The molecule has 1 heterocycles. The maximum atomic E-state index is 12.1. The predicted octanol–water partition coefficient (Wildman–Crippen LogP) is 2.62. The lowest BCUT2D eigenvalue weighted by molar-refractivity contribution is 0.0948. The number of carbonyl (C=O) groups is 1. The first-order valence-electron chi connectivity index (χ1n) is 7.24. The van der Waals surface area contributed by atoms with Crippen LogP contribution in [0.25, 0.3) is 0 Å². The maximum Gasteiger partial charge on any atom is 0.251 e. The predicted molar refractivity (Wildman–Crippen MR) is 87.6 cm³/mol. The van der Waals surface area contributed by atoms with Gasteiger partial charge in [-0.15, -0.1) is 0 Å². The van der Waals surface area contributed by atoms with E-state index in [-0.39, 0.29) is 5.91 Å². The fraction of sp³-hybridized carbons (Fsp3) is 0.294. The molecule has 0 unspecified atom stereocenters. The number of nitrogens with zero attached hydrogens (tertiary/aromatic N) is 2. The molecule has 0 radical (unpaired) electrons. The van der Waals surface area contributed by atoms with E-state index in [2.05, 4.69) is 10.3 Å². The maximum absolute atomic E-state index is 12.1. The van der Waals surface area contributed by atoms with E-state index in [4.69, 9.17) is 4.74 Å². The summed E-state index contributed by atoms with van der Waals surface area (Å²) >= 11 is 0. The van der Waals surface area contributed by atoms with E-state index in [1.54, 1.807) is 25.4 Å². The first-order valence-corrected chi connectivity index (χ1v) is 7.24. The lowest BCUT2D eigenvalue weighted by Gasteiger charge is -2.18. The van der Waals surface area contributed by atoms with E-state index >= 15 is 0 Å². The summed E-state index contributed by atoms with van der Waals surface area (Å²) in [5.41, 5.74) is 1.62. The smallest absolute Gasteiger partial charge is 0.251 e. The molecule has 0 aliphatic rings. The average Bonchev–Trinajstić information content (AvgIpc) is 2.59. The molecule has 0 spiro atoms. The second-order valence-corrected chi connectivity index (χ2v) is 4.90. The molecule has 0 atom stereocenters. The summed E-state index contributed by atoms with van der Waals surface area (Å²) in [5, 5.41) is 2.87. The van der Waals surface area contributed by atoms with E-state index < -0.39 is 0 Å². The van der Waals surface area contributed by atoms with Crippen LogP contribution in [0.2, 0.25) is 0 Å². The Labute approximate surface area is 130 Å². The number of methoxy groups -OCH3 is 1. The second kappa shape index (κ2) is 8.14. The van der Waals surface area contributed by atoms with Crippen molar-refractivity contribution in [2.75, 3.05) is 32.2 Å². The van der Waals surface area contributed by atoms with Crippen LogP contribution in [-0.4, -0.2) is 38.2 Å². The number of pyridine rings is 1. The van der Waals surface area contributed by atoms with Crippen LogP contribution in [0.4, 0.5) is 11.5 Å². The van der Waals surface area contributed by atoms with Crippen LogP contribution in [0.5, 0.6) is 0 Å². The minimum Gasteiger partial charge on any atom is -0.385 e. The molecule has 0 aliphatic carbocycles. The molecule has 22 heavy (non-hydrogen) atoms. The first-order chi connectivity index (χ1) is 10.7. The number of amides is 1. The SMILES string of the molecule is COCCCNC(=O)c1ccnc(N(C)c2ccccc2)c1. The lowest BCUT2D eigenvalue weighted by Crippen LogP contribution is -2.25. The normalized spacial score (nSPS) is 10.3. The van der Waals surface area contributed by atoms with E-state index in [1.165, 1.54) is 0 Å². The number of rotatable bonds is 7. The molecule has 1 aromatic carbocycles. The number of para-hydroxylation sites is 1. The number of nitrogens with one attached hydrogen (secondary N) is 1. The van der Waals surface area contributed by atoms with Gasteiger partial charge in [0.25, 0.3) is 5.91 Å². The molecule has 2 aromatic rings. The zero-order chi connectivity index (χ0) is 15.8. The molecule has 2 rings (SSSR count). The fourth-order valence-corrected chi connectivity index (χ4v) is 2.05. The Bertz CT molecular complexity index is 602. The number of benzene rings is 1. The van der Waals surface area contributed by atoms with Crippen molar-refractivity contribution < 1.29 is 9.53 Å². The largest absolute Gasteiger partial charge is 0.385 e. The molecule has 5 heteroatoms. The summed E-state index contributed by atoms with van der Waals surface area (Å²) in [6.07, 6.45) is 2.45. The van der Waals surface area contributed by atoms with Gasteiger partial charge in [0.1, 0.15) is 5.82 Å². The van der Waals surface area contributed by atoms with Crippen molar-refractivity contribution in [1.82, 2.24) is 10.3 Å². The highest BCUT2D eigenvalue weighted by atomic mass is 16.5. The first kappa shape index (κ1) is 16.0. The fourth-order valence-electron chi connectivity index (χ4n) is 2.05. The van der Waals surface area contributed by atoms with Crippen LogP contribution in [-0.2, 0) is 4.74 Å². The van der Waals surface area contributed by atoms with Crippen LogP contribution in [0, 0.1) is 0 Å². The van der Waals surface area contributed by atoms with Gasteiger partial charge < -0.3 is 15.0 Å². The topological polar surface area (TPSA) is 54.5 Å². The van der Waals surface area contributed by atoms with E-state index in [0.717, 1.165) is 17.9 Å². The van der Waals surface area contributed by atoms with Crippen molar-refractivity contribution in [3.63, 3.8) is 0 Å². The van der Waals surface area contributed by atoms with Crippen LogP contribution >= 0.6 is 0 Å². The summed E-state index contributed by atoms with van der Waals surface area (Å²) in [4.78, 5) is 18.4. The van der Waals surface area contributed by atoms with Crippen molar-refractivity contribution in [2.45, 2.75) is 6.42 Å². The van der Waals surface area contributed by atoms with Crippen molar-refractivity contribution in [3.05, 3.63) is 54.2 Å². The van der Waals surface area contributed by atoms with E-state index in [1.807, 2.05) is 42.3 Å². The van der Waals surface area contributed by atoms with Gasteiger partial charge in [0.15, 0.2) is 0 Å². The van der Waals surface area contributed by atoms with Gasteiger partial charge in [0.05, 0.1) is 0 Å². The van der Waals surface area contributed by atoms with Crippen LogP contribution in [0.1, 0.15) is 16.8 Å². The molecule has 0 bridgehead atoms. The molecule has 116 valence electrons. The number of aromatic nitrogens is 1. The molecule has 1 N–H and O–H groups in total. The third-order valence-corrected chi connectivity index (χ3v) is 3.31. The number of ether oxygens (including phenoxy) is 1. The Kier molecular flexibility index (Phi) is 5.91. The van der Waals surface area contributed by atoms with Gasteiger partial charge in [-0.3, -0.25) is 4.79 Å². The molecule has 0 saturated heterocycles. The van der Waals surface area contributed by atoms with Crippen molar-refractivity contribution in [2.24, 2.45) is 0 Å². The standard InChI is InChI=1S/C17H21N3O2/c1-20(15-7-4-3-5-8-15)16-13-14(9-11-18-16)17(21)19-10-6-12-22-2/h3-5,7-9,11,13H,6,10,12H2,1-2H3,(H,19,21). The third kappa shape index (κ3) is 4.30. The Balaban J connectivity index is 2.05. The van der Waals surface area contributed by atoms with Crippen molar-refractivity contribution in [1.29, 1.82) is 0 Å². The molecular weight excluding hydrogens is 278 g/mol. The van der Waals surface area contributed by atoms with Gasteiger partial charge in [-0.1, -0.05) is 18.2 Å². The van der Waals surface area contributed by atoms with Gasteiger partial charge in [0, 0.05) is 44.8 Å². The Hall–Kier alpha value is -2.40. The van der Waals surface area contributed by atoms with Gasteiger partial charge >= 0.3 is 0 Å². The molecule has 0 fully saturated rings. The highest BCUT2D eigenvalue weighted by molar-refractivity contribution is 5.94. The van der Waals surface area contributed by atoms with Crippen LogP contribution in [0.15, 0.2) is 48.7 Å². The Morgan fingerprint density at radius 3 is 2.77 bits per heavy atom. The summed E-state index contributed by atoms with van der Waals surface area (Å²) < 4.78 is 4.96. The van der Waals surface area contributed by atoms with Gasteiger partial charge in [-0.25, -0.2) is 4.98 Å². The van der Waals surface area contributed by atoms with Crippen LogP contribution in [0.3, 0.4) is 0 Å². The number of anilines is 2. The Morgan fingerprint density at radius 1 is 1.27 bits per heavy atom. The second-order valence-electron chi connectivity index (χ2n) is 4.90. The zero-order valence-corrected chi connectivity index (χ0v) is 13.0. The third-order valence-electron chi connectivity index (χ3n) is 3.31. The Morgan fingerprint density at radius 2 is 2.05 bits per heavy atom. The molecular formula is C17H21N3O2. The summed E-state index contributed by atoms with van der Waals surface area (Å²) in [6.45, 7) is 1.23. The van der Waals surface area contributed by atoms with E-state index in [0.29, 0.717) is 18.7 Å². The minimum atomic E-state index is -0.0961. The molecule has 5 nitrogen and oxygen atoms in total. The molecule has 1 amide bonds. The summed E-state index contributed by atoms with van der Waals surface area (Å²) in [6, 6.07) is 13.4. The molecule has 0 aliphatic heterocycles. The molecule has 1 aromatic heterocycles. The molecule has 0 saturated carbocycles. The van der Waals surface area contributed by atoms with Crippen molar-refractivity contribution in [3.8, 4) is 0 Å². The van der Waals surface area contributed by atoms with Gasteiger partial charge in [-0.2, -0.15) is 0 Å². The number of carbonyl (C=O) groups excluding carboxylic acids is 1. The van der Waals surface area contributed by atoms with Gasteiger partial charge in [0.2, 0.25) is 0 Å². The summed E-state index contributed by atoms with van der Waals surface area (Å²) in [7, 11) is 3.58. The monoisotopic (exact) mass is 299 g/mol. The highest BCUT2D eigenvalue weighted by Crippen LogP contribution is 2.21. The van der Waals surface area contributed by atoms with Crippen LogP contribution < -0.4 is 10.2 Å². The minimum absolute atomic E-state index is 0.0961. The number of hydrogen-bond acceptors (Lipinski definition) is 4. The van der Waals surface area contributed by atoms with Gasteiger partial charge in [-0.05, 0) is 30.7 Å². The van der Waals surface area contributed by atoms with E-state index in [9.17, 15) is 4.79 Å². The number of hydrogen-bond donors (Lipinski definition) is 1. The highest BCUT2D eigenvalue weighted by Gasteiger charge is 2.09. The quantitative estimate of drug-likeness (QED) is 0.799. The summed E-state index contributed by atoms with van der Waals surface area (Å²) in [5.74, 6) is 0.636. The average molecular weight is 299 g/mol. The lowest BCUT2D eigenvalue weighted by atomic mass is 10.2.